The number of amides is 1. The van der Waals surface area contributed by atoms with Crippen LogP contribution in [0.25, 0.3) is 0 Å². The molecule has 106 valence electrons. The molecular formula is C16H25NO2. The molecular weight excluding hydrogens is 238 g/mol. The number of nitrogens with zero attached hydrogens (tertiary/aromatic N) is 1. The SMILES string of the molecule is Cc1ccc(OC(C)C(=O)N(C(C)C)C(C)C)cc1. The summed E-state index contributed by atoms with van der Waals surface area (Å²) in [5.74, 6) is 0.768. The van der Waals surface area contributed by atoms with Crippen molar-refractivity contribution in [3.8, 4) is 5.75 Å². The molecule has 0 radical (unpaired) electrons. The topological polar surface area (TPSA) is 29.5 Å². The van der Waals surface area contributed by atoms with Crippen LogP contribution in [0, 0.1) is 6.92 Å². The standard InChI is InChI=1S/C16H25NO2/c1-11(2)17(12(3)4)16(18)14(6)19-15-9-7-13(5)8-10-15/h7-12,14H,1-6H3. The first-order valence-corrected chi connectivity index (χ1v) is 6.88. The van der Waals surface area contributed by atoms with Gasteiger partial charge in [0.25, 0.3) is 5.91 Å². The van der Waals surface area contributed by atoms with Gasteiger partial charge in [0, 0.05) is 12.1 Å². The van der Waals surface area contributed by atoms with Gasteiger partial charge in [-0.05, 0) is 53.7 Å². The molecule has 0 heterocycles. The zero-order chi connectivity index (χ0) is 14.6. The first-order chi connectivity index (χ1) is 8.82. The quantitative estimate of drug-likeness (QED) is 0.814. The van der Waals surface area contributed by atoms with Crippen LogP contribution in [0.4, 0.5) is 0 Å². The Morgan fingerprint density at radius 1 is 1.00 bits per heavy atom. The summed E-state index contributed by atoms with van der Waals surface area (Å²) in [7, 11) is 0. The van der Waals surface area contributed by atoms with E-state index in [4.69, 9.17) is 4.74 Å². The van der Waals surface area contributed by atoms with Crippen LogP contribution in [0.3, 0.4) is 0 Å². The maximum atomic E-state index is 12.4. The van der Waals surface area contributed by atoms with Gasteiger partial charge in [-0.25, -0.2) is 0 Å². The number of ether oxygens (including phenoxy) is 1. The number of hydrogen-bond acceptors (Lipinski definition) is 2. The Hall–Kier alpha value is -1.51. The fourth-order valence-corrected chi connectivity index (χ4v) is 2.19. The molecule has 1 atom stereocenters. The summed E-state index contributed by atoms with van der Waals surface area (Å²) in [6.07, 6.45) is -0.465. The molecule has 19 heavy (non-hydrogen) atoms. The first kappa shape index (κ1) is 15.5. The zero-order valence-electron chi connectivity index (χ0n) is 12.8. The Labute approximate surface area is 116 Å². The van der Waals surface area contributed by atoms with E-state index in [0.29, 0.717) is 0 Å². The van der Waals surface area contributed by atoms with E-state index in [9.17, 15) is 4.79 Å². The van der Waals surface area contributed by atoms with Crippen molar-refractivity contribution in [1.82, 2.24) is 4.90 Å². The molecule has 0 aliphatic heterocycles. The molecule has 1 aromatic rings. The van der Waals surface area contributed by atoms with Gasteiger partial charge < -0.3 is 9.64 Å². The van der Waals surface area contributed by atoms with Crippen LogP contribution in [0.15, 0.2) is 24.3 Å². The predicted molar refractivity (Wildman–Crippen MR) is 78.4 cm³/mol. The summed E-state index contributed by atoms with van der Waals surface area (Å²) in [6, 6.07) is 8.11. The van der Waals surface area contributed by atoms with Crippen LogP contribution < -0.4 is 4.74 Å². The molecule has 3 heteroatoms. The normalized spacial score (nSPS) is 12.6. The van der Waals surface area contributed by atoms with Crippen molar-refractivity contribution in [3.05, 3.63) is 29.8 Å². The second-order valence-electron chi connectivity index (χ2n) is 5.51. The van der Waals surface area contributed by atoms with Gasteiger partial charge in [-0.3, -0.25) is 4.79 Å². The molecule has 0 spiro atoms. The van der Waals surface area contributed by atoms with Crippen LogP contribution in [-0.2, 0) is 4.79 Å². The highest BCUT2D eigenvalue weighted by molar-refractivity contribution is 5.81. The number of carbonyl (C=O) groups excluding carboxylic acids is 1. The van der Waals surface area contributed by atoms with Crippen molar-refractivity contribution in [3.63, 3.8) is 0 Å². The Morgan fingerprint density at radius 2 is 1.47 bits per heavy atom. The minimum atomic E-state index is -0.465. The molecule has 0 aromatic heterocycles. The molecule has 1 rings (SSSR count). The van der Waals surface area contributed by atoms with Crippen LogP contribution in [-0.4, -0.2) is 29.0 Å². The van der Waals surface area contributed by atoms with Crippen molar-refractivity contribution in [2.45, 2.75) is 59.7 Å². The predicted octanol–water partition coefficient (Wildman–Crippen LogP) is 3.41. The van der Waals surface area contributed by atoms with Crippen LogP contribution in [0.1, 0.15) is 40.2 Å². The molecule has 3 nitrogen and oxygen atoms in total. The number of aryl methyl sites for hydroxylation is 1. The van der Waals surface area contributed by atoms with Gasteiger partial charge in [0.1, 0.15) is 5.75 Å². The lowest BCUT2D eigenvalue weighted by Crippen LogP contribution is -2.47. The Bertz CT molecular complexity index is 401. The molecule has 0 fully saturated rings. The van der Waals surface area contributed by atoms with Gasteiger partial charge in [0.2, 0.25) is 0 Å². The van der Waals surface area contributed by atoms with Gasteiger partial charge >= 0.3 is 0 Å². The number of hydrogen-bond donors (Lipinski definition) is 0. The molecule has 1 aromatic carbocycles. The third-order valence-electron chi connectivity index (χ3n) is 3.05. The summed E-state index contributed by atoms with van der Waals surface area (Å²) < 4.78 is 5.72. The minimum absolute atomic E-state index is 0.0329. The van der Waals surface area contributed by atoms with Crippen LogP contribution in [0.2, 0.25) is 0 Å². The molecule has 0 bridgehead atoms. The smallest absolute Gasteiger partial charge is 0.263 e. The van der Waals surface area contributed by atoms with Crippen LogP contribution in [0.5, 0.6) is 5.75 Å². The van der Waals surface area contributed by atoms with Crippen molar-refractivity contribution in [1.29, 1.82) is 0 Å². The van der Waals surface area contributed by atoms with E-state index in [1.807, 2.05) is 63.8 Å². The number of rotatable bonds is 5. The Balaban J connectivity index is 2.73. The maximum absolute atomic E-state index is 12.4. The van der Waals surface area contributed by atoms with Gasteiger partial charge in [-0.15, -0.1) is 0 Å². The summed E-state index contributed by atoms with van der Waals surface area (Å²) in [5.41, 5.74) is 1.18. The highest BCUT2D eigenvalue weighted by atomic mass is 16.5. The second kappa shape index (κ2) is 6.60. The Morgan fingerprint density at radius 3 is 1.89 bits per heavy atom. The van der Waals surface area contributed by atoms with Gasteiger partial charge in [0.05, 0.1) is 0 Å². The lowest BCUT2D eigenvalue weighted by Gasteiger charge is -2.33. The molecule has 0 saturated carbocycles. The van der Waals surface area contributed by atoms with Crippen molar-refractivity contribution in [2.24, 2.45) is 0 Å². The highest BCUT2D eigenvalue weighted by Gasteiger charge is 2.26. The molecule has 1 unspecified atom stereocenters. The van der Waals surface area contributed by atoms with E-state index in [1.165, 1.54) is 5.56 Å². The average molecular weight is 263 g/mol. The molecule has 0 aliphatic carbocycles. The molecule has 0 aliphatic rings. The average Bonchev–Trinajstić information content (AvgIpc) is 2.31. The number of benzene rings is 1. The Kier molecular flexibility index (Phi) is 5.40. The largest absolute Gasteiger partial charge is 0.481 e. The molecule has 1 amide bonds. The van der Waals surface area contributed by atoms with Crippen molar-refractivity contribution in [2.75, 3.05) is 0 Å². The summed E-state index contributed by atoms with van der Waals surface area (Å²) in [5, 5.41) is 0. The monoisotopic (exact) mass is 263 g/mol. The molecule has 0 saturated heterocycles. The van der Waals surface area contributed by atoms with E-state index in [-0.39, 0.29) is 18.0 Å². The van der Waals surface area contributed by atoms with Crippen LogP contribution >= 0.6 is 0 Å². The van der Waals surface area contributed by atoms with E-state index in [1.54, 1.807) is 6.92 Å². The van der Waals surface area contributed by atoms with Gasteiger partial charge in [0.15, 0.2) is 6.10 Å². The second-order valence-corrected chi connectivity index (χ2v) is 5.51. The van der Waals surface area contributed by atoms with E-state index >= 15 is 0 Å². The lowest BCUT2D eigenvalue weighted by molar-refractivity contribution is -0.141. The van der Waals surface area contributed by atoms with Gasteiger partial charge in [-0.2, -0.15) is 0 Å². The van der Waals surface area contributed by atoms with E-state index in [2.05, 4.69) is 0 Å². The summed E-state index contributed by atoms with van der Waals surface area (Å²) in [6.45, 7) is 11.9. The molecule has 0 N–H and O–H groups in total. The van der Waals surface area contributed by atoms with E-state index < -0.39 is 6.10 Å². The summed E-state index contributed by atoms with van der Waals surface area (Å²) in [4.78, 5) is 14.3. The zero-order valence-corrected chi connectivity index (χ0v) is 12.8. The third kappa shape index (κ3) is 4.27. The van der Waals surface area contributed by atoms with Crippen molar-refractivity contribution >= 4 is 5.91 Å². The lowest BCUT2D eigenvalue weighted by atomic mass is 10.2. The van der Waals surface area contributed by atoms with Gasteiger partial charge in [-0.1, -0.05) is 17.7 Å². The highest BCUT2D eigenvalue weighted by Crippen LogP contribution is 2.16. The fraction of sp³-hybridized carbons (Fsp3) is 0.562. The number of carbonyl (C=O) groups is 1. The van der Waals surface area contributed by atoms with Crippen molar-refractivity contribution < 1.29 is 9.53 Å². The van der Waals surface area contributed by atoms with E-state index in [0.717, 1.165) is 5.75 Å². The maximum Gasteiger partial charge on any atom is 0.263 e. The third-order valence-corrected chi connectivity index (χ3v) is 3.05. The summed E-state index contributed by atoms with van der Waals surface area (Å²) >= 11 is 0. The fourth-order valence-electron chi connectivity index (χ4n) is 2.19. The first-order valence-electron chi connectivity index (χ1n) is 6.88. The minimum Gasteiger partial charge on any atom is -0.481 e.